The monoisotopic (exact) mass is 290 g/mol. The molecule has 0 radical (unpaired) electrons. The molecule has 0 aromatic rings. The summed E-state index contributed by atoms with van der Waals surface area (Å²) >= 11 is 0. The van der Waals surface area contributed by atoms with Gasteiger partial charge in [-0.25, -0.2) is 0 Å². The van der Waals surface area contributed by atoms with E-state index in [2.05, 4.69) is 45.9 Å². The van der Waals surface area contributed by atoms with Crippen LogP contribution in [0.1, 0.15) is 60.3 Å². The van der Waals surface area contributed by atoms with Gasteiger partial charge in [0, 0.05) is 0 Å². The average Bonchev–Trinajstić information content (AvgIpc) is 2.98. The van der Waals surface area contributed by atoms with Crippen LogP contribution in [0.3, 0.4) is 0 Å². The standard InChI is InChI=1S/C19H30O2/c1-13(2)8-6-9-14(3)10-7-11-15(4)12-17-16(5)18(17)19(20)21/h8,10,12,16-18H,6-7,9,11H2,1-5H3,(H,20,21)/b14-10+,15-12+/t16-,17+,18-/m0/s1. The zero-order valence-electron chi connectivity index (χ0n) is 14.1. The summed E-state index contributed by atoms with van der Waals surface area (Å²) in [5.41, 5.74) is 4.15. The van der Waals surface area contributed by atoms with E-state index in [-0.39, 0.29) is 11.8 Å². The van der Waals surface area contributed by atoms with Gasteiger partial charge in [0.15, 0.2) is 0 Å². The molecular formula is C19H30O2. The van der Waals surface area contributed by atoms with Crippen molar-refractivity contribution in [2.45, 2.75) is 60.3 Å². The number of aliphatic carboxylic acids is 1. The average molecular weight is 290 g/mol. The van der Waals surface area contributed by atoms with Crippen LogP contribution in [0.25, 0.3) is 0 Å². The van der Waals surface area contributed by atoms with Crippen LogP contribution in [-0.4, -0.2) is 11.1 Å². The molecule has 1 rings (SSSR count). The fourth-order valence-electron chi connectivity index (χ4n) is 2.79. The first-order chi connectivity index (χ1) is 9.82. The lowest BCUT2D eigenvalue weighted by atomic mass is 10.1. The third-order valence-corrected chi connectivity index (χ3v) is 4.33. The van der Waals surface area contributed by atoms with Gasteiger partial charge in [-0.1, -0.05) is 41.9 Å². The number of hydrogen-bond acceptors (Lipinski definition) is 1. The molecule has 2 heteroatoms. The second-order valence-electron chi connectivity index (χ2n) is 6.72. The fraction of sp³-hybridized carbons (Fsp3) is 0.632. The van der Waals surface area contributed by atoms with Crippen LogP contribution in [0.2, 0.25) is 0 Å². The third kappa shape index (κ3) is 6.33. The molecule has 3 atom stereocenters. The number of carbonyl (C=O) groups is 1. The topological polar surface area (TPSA) is 37.3 Å². The third-order valence-electron chi connectivity index (χ3n) is 4.33. The molecule has 1 aliphatic rings. The largest absolute Gasteiger partial charge is 0.481 e. The summed E-state index contributed by atoms with van der Waals surface area (Å²) in [4.78, 5) is 11.0. The van der Waals surface area contributed by atoms with Crippen LogP contribution in [0.4, 0.5) is 0 Å². The maximum absolute atomic E-state index is 11.0. The molecule has 1 saturated carbocycles. The second kappa shape index (κ2) is 8.21. The van der Waals surface area contributed by atoms with Gasteiger partial charge in [0.25, 0.3) is 0 Å². The van der Waals surface area contributed by atoms with Crippen LogP contribution in [0.15, 0.2) is 34.9 Å². The summed E-state index contributed by atoms with van der Waals surface area (Å²) in [5, 5.41) is 9.03. The Balaban J connectivity index is 2.32. The Morgan fingerprint density at radius 3 is 2.10 bits per heavy atom. The molecular weight excluding hydrogens is 260 g/mol. The molecule has 0 unspecified atom stereocenters. The van der Waals surface area contributed by atoms with Crippen LogP contribution in [0, 0.1) is 17.8 Å². The van der Waals surface area contributed by atoms with Gasteiger partial charge in [-0.3, -0.25) is 4.79 Å². The number of hydrogen-bond donors (Lipinski definition) is 1. The molecule has 2 nitrogen and oxygen atoms in total. The normalized spacial score (nSPS) is 25.7. The van der Waals surface area contributed by atoms with Gasteiger partial charge in [-0.2, -0.15) is 0 Å². The van der Waals surface area contributed by atoms with E-state index in [0.717, 1.165) is 25.7 Å². The molecule has 21 heavy (non-hydrogen) atoms. The molecule has 0 bridgehead atoms. The van der Waals surface area contributed by atoms with Crippen LogP contribution >= 0.6 is 0 Å². The Hall–Kier alpha value is -1.31. The molecule has 118 valence electrons. The summed E-state index contributed by atoms with van der Waals surface area (Å²) in [6, 6.07) is 0. The highest BCUT2D eigenvalue weighted by atomic mass is 16.4. The van der Waals surface area contributed by atoms with Crippen molar-refractivity contribution in [3.8, 4) is 0 Å². The van der Waals surface area contributed by atoms with Crippen molar-refractivity contribution in [3.05, 3.63) is 34.9 Å². The van der Waals surface area contributed by atoms with Crippen LogP contribution in [0.5, 0.6) is 0 Å². The highest BCUT2D eigenvalue weighted by Gasteiger charge is 2.50. The lowest BCUT2D eigenvalue weighted by Crippen LogP contribution is -1.99. The summed E-state index contributed by atoms with van der Waals surface area (Å²) in [6.07, 6.45) is 11.1. The lowest BCUT2D eigenvalue weighted by molar-refractivity contribution is -0.139. The Bertz CT molecular complexity index is 450. The van der Waals surface area contributed by atoms with Gasteiger partial charge in [-0.15, -0.1) is 0 Å². The molecule has 0 aromatic carbocycles. The molecule has 1 aliphatic carbocycles. The lowest BCUT2D eigenvalue weighted by Gasteiger charge is -2.01. The number of carboxylic acid groups (broad SMARTS) is 1. The molecule has 1 fully saturated rings. The van der Waals surface area contributed by atoms with E-state index in [1.54, 1.807) is 0 Å². The van der Waals surface area contributed by atoms with Crippen LogP contribution in [-0.2, 0) is 4.79 Å². The van der Waals surface area contributed by atoms with Crippen molar-refractivity contribution < 1.29 is 9.90 Å². The van der Waals surface area contributed by atoms with Crippen LogP contribution < -0.4 is 0 Å². The number of carboxylic acids is 1. The molecule has 1 N–H and O–H groups in total. The van der Waals surface area contributed by atoms with E-state index >= 15 is 0 Å². The van der Waals surface area contributed by atoms with Gasteiger partial charge in [0.2, 0.25) is 0 Å². The van der Waals surface area contributed by atoms with Gasteiger partial charge in [0.05, 0.1) is 5.92 Å². The molecule has 0 amide bonds. The SMILES string of the molecule is CC(C)=CCC/C(C)=C/CC/C(C)=C/[C@@H]1[C@H](C)[C@@H]1C(=O)O. The maximum atomic E-state index is 11.0. The first-order valence-corrected chi connectivity index (χ1v) is 8.02. The smallest absolute Gasteiger partial charge is 0.307 e. The first-order valence-electron chi connectivity index (χ1n) is 8.02. The van der Waals surface area contributed by atoms with Crippen molar-refractivity contribution in [1.29, 1.82) is 0 Å². The Kier molecular flexibility index (Phi) is 6.94. The second-order valence-corrected chi connectivity index (χ2v) is 6.72. The van der Waals surface area contributed by atoms with Gasteiger partial charge >= 0.3 is 5.97 Å². The van der Waals surface area contributed by atoms with E-state index in [4.69, 9.17) is 5.11 Å². The van der Waals surface area contributed by atoms with E-state index < -0.39 is 5.97 Å². The summed E-state index contributed by atoms with van der Waals surface area (Å²) in [5.74, 6) is -0.239. The summed E-state index contributed by atoms with van der Waals surface area (Å²) < 4.78 is 0. The molecule has 0 heterocycles. The maximum Gasteiger partial charge on any atom is 0.307 e. The van der Waals surface area contributed by atoms with Crippen molar-refractivity contribution in [2.24, 2.45) is 17.8 Å². The predicted octanol–water partition coefficient (Wildman–Crippen LogP) is 5.37. The minimum Gasteiger partial charge on any atom is -0.481 e. The molecule has 0 spiro atoms. The van der Waals surface area contributed by atoms with E-state index in [0.29, 0.717) is 5.92 Å². The van der Waals surface area contributed by atoms with Crippen molar-refractivity contribution in [2.75, 3.05) is 0 Å². The number of allylic oxidation sites excluding steroid dienone is 6. The molecule has 0 aromatic heterocycles. The highest BCUT2D eigenvalue weighted by Crippen LogP contribution is 2.47. The van der Waals surface area contributed by atoms with E-state index in [1.807, 2.05) is 6.92 Å². The molecule has 0 aliphatic heterocycles. The zero-order chi connectivity index (χ0) is 16.0. The minimum atomic E-state index is -0.647. The summed E-state index contributed by atoms with van der Waals surface area (Å²) in [6.45, 7) is 10.6. The Labute approximate surface area is 129 Å². The van der Waals surface area contributed by atoms with Gasteiger partial charge in [-0.05, 0) is 65.2 Å². The Morgan fingerprint density at radius 2 is 1.57 bits per heavy atom. The first kappa shape index (κ1) is 17.7. The van der Waals surface area contributed by atoms with E-state index in [1.165, 1.54) is 16.7 Å². The fourth-order valence-corrected chi connectivity index (χ4v) is 2.79. The van der Waals surface area contributed by atoms with Gasteiger partial charge < -0.3 is 5.11 Å². The minimum absolute atomic E-state index is 0.152. The number of rotatable bonds is 8. The Morgan fingerprint density at radius 1 is 1.00 bits per heavy atom. The van der Waals surface area contributed by atoms with Crippen molar-refractivity contribution in [3.63, 3.8) is 0 Å². The molecule has 0 saturated heterocycles. The predicted molar refractivity (Wildman–Crippen MR) is 89.2 cm³/mol. The van der Waals surface area contributed by atoms with Gasteiger partial charge in [0.1, 0.15) is 0 Å². The van der Waals surface area contributed by atoms with Crippen molar-refractivity contribution in [1.82, 2.24) is 0 Å². The highest BCUT2D eigenvalue weighted by molar-refractivity contribution is 5.74. The quantitative estimate of drug-likeness (QED) is 0.610. The zero-order valence-corrected chi connectivity index (χ0v) is 14.1. The summed E-state index contributed by atoms with van der Waals surface area (Å²) in [7, 11) is 0. The van der Waals surface area contributed by atoms with Crippen molar-refractivity contribution >= 4 is 5.97 Å². The van der Waals surface area contributed by atoms with E-state index in [9.17, 15) is 4.79 Å².